The molecule has 2 fully saturated rings. The van der Waals surface area contributed by atoms with Gasteiger partial charge in [0, 0.05) is 16.6 Å². The predicted molar refractivity (Wildman–Crippen MR) is 79.5 cm³/mol. The Hall–Kier alpha value is -0.340. The van der Waals surface area contributed by atoms with Gasteiger partial charge in [0.1, 0.15) is 0 Å². The van der Waals surface area contributed by atoms with Gasteiger partial charge in [0.25, 0.3) is 0 Å². The smallest absolute Gasteiger partial charge is 0.0320 e. The molecular weight excluding hydrogens is 286 g/mol. The molecule has 0 aromatic heterocycles. The summed E-state index contributed by atoms with van der Waals surface area (Å²) in [5, 5.41) is 3.95. The highest BCUT2D eigenvalue weighted by Gasteiger charge is 2.42. The quantitative estimate of drug-likeness (QED) is 0.804. The van der Waals surface area contributed by atoms with Crippen LogP contribution in [-0.4, -0.2) is 6.04 Å². The minimum Gasteiger partial charge on any atom is -0.307 e. The Morgan fingerprint density at radius 3 is 2.39 bits per heavy atom. The molecule has 1 nitrogen and oxygen atoms in total. The van der Waals surface area contributed by atoms with Crippen LogP contribution in [-0.2, 0) is 0 Å². The van der Waals surface area contributed by atoms with Crippen molar-refractivity contribution in [1.29, 1.82) is 0 Å². The summed E-state index contributed by atoms with van der Waals surface area (Å²) >= 11 is 3.58. The van der Waals surface area contributed by atoms with Gasteiger partial charge < -0.3 is 5.32 Å². The zero-order valence-corrected chi connectivity index (χ0v) is 12.6. The second kappa shape index (κ2) is 5.34. The molecule has 2 saturated carbocycles. The molecular formula is C16H22BrN. The molecule has 0 saturated heterocycles. The van der Waals surface area contributed by atoms with Gasteiger partial charge >= 0.3 is 0 Å². The molecule has 0 aliphatic heterocycles. The SMILES string of the molecule is CCC(NC(C1CC1)C1CC1)c1cccc(Br)c1. The Bertz CT molecular complexity index is 397. The summed E-state index contributed by atoms with van der Waals surface area (Å²) in [7, 11) is 0. The number of rotatable bonds is 6. The molecule has 0 bridgehead atoms. The van der Waals surface area contributed by atoms with Gasteiger partial charge in [-0.1, -0.05) is 35.0 Å². The highest BCUT2D eigenvalue weighted by Crippen LogP contribution is 2.45. The fourth-order valence-electron chi connectivity index (χ4n) is 2.97. The average molecular weight is 308 g/mol. The molecule has 2 aliphatic rings. The number of hydrogen-bond acceptors (Lipinski definition) is 1. The monoisotopic (exact) mass is 307 g/mol. The van der Waals surface area contributed by atoms with Gasteiger partial charge in [-0.2, -0.15) is 0 Å². The lowest BCUT2D eigenvalue weighted by molar-refractivity contribution is 0.359. The van der Waals surface area contributed by atoms with Crippen molar-refractivity contribution in [2.24, 2.45) is 11.8 Å². The van der Waals surface area contributed by atoms with Crippen molar-refractivity contribution in [3.63, 3.8) is 0 Å². The van der Waals surface area contributed by atoms with E-state index in [9.17, 15) is 0 Å². The standard InChI is InChI=1S/C16H22BrN/c1-2-15(13-4-3-5-14(17)10-13)18-16(11-6-7-11)12-8-9-12/h3-5,10-12,15-16,18H,2,6-9H2,1H3. The molecule has 0 radical (unpaired) electrons. The first-order valence-electron chi connectivity index (χ1n) is 7.29. The molecule has 1 N–H and O–H groups in total. The molecule has 1 aromatic rings. The summed E-state index contributed by atoms with van der Waals surface area (Å²) in [5.41, 5.74) is 1.43. The Labute approximate surface area is 118 Å². The molecule has 98 valence electrons. The Kier molecular flexibility index (Phi) is 3.76. The highest BCUT2D eigenvalue weighted by molar-refractivity contribution is 9.10. The second-order valence-electron chi connectivity index (χ2n) is 5.88. The molecule has 1 unspecified atom stereocenters. The molecule has 2 heteroatoms. The lowest BCUT2D eigenvalue weighted by Crippen LogP contribution is -2.36. The first-order chi connectivity index (χ1) is 8.78. The predicted octanol–water partition coefficient (Wildman–Crippen LogP) is 4.68. The number of hydrogen-bond donors (Lipinski definition) is 1. The Balaban J connectivity index is 1.71. The van der Waals surface area contributed by atoms with Gasteiger partial charge in [-0.15, -0.1) is 0 Å². The van der Waals surface area contributed by atoms with Crippen LogP contribution in [0.15, 0.2) is 28.7 Å². The van der Waals surface area contributed by atoms with Crippen molar-refractivity contribution in [3.8, 4) is 0 Å². The van der Waals surface area contributed by atoms with E-state index in [0.29, 0.717) is 6.04 Å². The number of benzene rings is 1. The molecule has 2 aliphatic carbocycles. The molecule has 1 aromatic carbocycles. The van der Waals surface area contributed by atoms with Crippen LogP contribution in [0.1, 0.15) is 50.6 Å². The lowest BCUT2D eigenvalue weighted by atomic mass is 10.00. The van der Waals surface area contributed by atoms with E-state index in [1.807, 2.05) is 0 Å². The maximum Gasteiger partial charge on any atom is 0.0320 e. The fourth-order valence-corrected chi connectivity index (χ4v) is 3.39. The summed E-state index contributed by atoms with van der Waals surface area (Å²) in [6.07, 6.45) is 6.96. The lowest BCUT2D eigenvalue weighted by Gasteiger charge is -2.25. The van der Waals surface area contributed by atoms with Crippen LogP contribution in [0, 0.1) is 11.8 Å². The van der Waals surface area contributed by atoms with Crippen LogP contribution in [0.4, 0.5) is 0 Å². The second-order valence-corrected chi connectivity index (χ2v) is 6.80. The van der Waals surface area contributed by atoms with Crippen LogP contribution in [0.25, 0.3) is 0 Å². The molecule has 3 rings (SSSR count). The molecule has 0 amide bonds. The van der Waals surface area contributed by atoms with E-state index in [2.05, 4.69) is 52.4 Å². The molecule has 0 spiro atoms. The largest absolute Gasteiger partial charge is 0.307 e. The van der Waals surface area contributed by atoms with Crippen molar-refractivity contribution >= 4 is 15.9 Å². The Morgan fingerprint density at radius 1 is 1.22 bits per heavy atom. The van der Waals surface area contributed by atoms with Crippen LogP contribution in [0.3, 0.4) is 0 Å². The summed E-state index contributed by atoms with van der Waals surface area (Å²) in [4.78, 5) is 0. The van der Waals surface area contributed by atoms with Gasteiger partial charge in [-0.25, -0.2) is 0 Å². The van der Waals surface area contributed by atoms with Crippen LogP contribution in [0.5, 0.6) is 0 Å². The van der Waals surface area contributed by atoms with Gasteiger partial charge in [0.2, 0.25) is 0 Å². The summed E-state index contributed by atoms with van der Waals surface area (Å²) in [6.45, 7) is 2.29. The Morgan fingerprint density at radius 2 is 1.89 bits per heavy atom. The van der Waals surface area contributed by atoms with Crippen LogP contribution in [0.2, 0.25) is 0 Å². The van der Waals surface area contributed by atoms with E-state index in [-0.39, 0.29) is 0 Å². The van der Waals surface area contributed by atoms with Gasteiger partial charge in [-0.05, 0) is 61.6 Å². The maximum absolute atomic E-state index is 3.95. The molecule has 0 heterocycles. The van der Waals surface area contributed by atoms with E-state index in [0.717, 1.165) is 17.9 Å². The average Bonchev–Trinajstić information content (AvgIpc) is 3.24. The number of nitrogens with one attached hydrogen (secondary N) is 1. The van der Waals surface area contributed by atoms with E-state index < -0.39 is 0 Å². The van der Waals surface area contributed by atoms with Crippen molar-refractivity contribution in [1.82, 2.24) is 5.32 Å². The fraction of sp³-hybridized carbons (Fsp3) is 0.625. The third-order valence-corrected chi connectivity index (χ3v) is 4.81. The zero-order valence-electron chi connectivity index (χ0n) is 11.0. The van der Waals surface area contributed by atoms with Gasteiger partial charge in [-0.3, -0.25) is 0 Å². The highest BCUT2D eigenvalue weighted by atomic mass is 79.9. The van der Waals surface area contributed by atoms with Crippen LogP contribution >= 0.6 is 15.9 Å². The van der Waals surface area contributed by atoms with Gasteiger partial charge in [0.05, 0.1) is 0 Å². The zero-order chi connectivity index (χ0) is 12.5. The van der Waals surface area contributed by atoms with E-state index >= 15 is 0 Å². The van der Waals surface area contributed by atoms with Crippen molar-refractivity contribution in [3.05, 3.63) is 34.3 Å². The maximum atomic E-state index is 3.95. The normalized spacial score (nSPS) is 21.3. The minimum absolute atomic E-state index is 0.522. The van der Waals surface area contributed by atoms with Crippen molar-refractivity contribution in [2.45, 2.75) is 51.1 Å². The van der Waals surface area contributed by atoms with Crippen LogP contribution < -0.4 is 5.32 Å². The third-order valence-electron chi connectivity index (χ3n) is 4.31. The van der Waals surface area contributed by atoms with Gasteiger partial charge in [0.15, 0.2) is 0 Å². The van der Waals surface area contributed by atoms with E-state index in [1.54, 1.807) is 0 Å². The minimum atomic E-state index is 0.522. The van der Waals surface area contributed by atoms with Crippen molar-refractivity contribution in [2.75, 3.05) is 0 Å². The van der Waals surface area contributed by atoms with Crippen molar-refractivity contribution < 1.29 is 0 Å². The number of halogens is 1. The molecule has 18 heavy (non-hydrogen) atoms. The summed E-state index contributed by atoms with van der Waals surface area (Å²) in [5.74, 6) is 1.94. The first kappa shape index (κ1) is 12.7. The summed E-state index contributed by atoms with van der Waals surface area (Å²) in [6, 6.07) is 10.1. The third kappa shape index (κ3) is 2.97. The topological polar surface area (TPSA) is 12.0 Å². The van der Waals surface area contributed by atoms with E-state index in [4.69, 9.17) is 0 Å². The summed E-state index contributed by atoms with van der Waals surface area (Å²) < 4.78 is 1.19. The first-order valence-corrected chi connectivity index (χ1v) is 8.08. The van der Waals surface area contributed by atoms with E-state index in [1.165, 1.54) is 42.1 Å². The molecule has 1 atom stereocenters.